The summed E-state index contributed by atoms with van der Waals surface area (Å²) in [6.45, 7) is 4.79. The summed E-state index contributed by atoms with van der Waals surface area (Å²) in [5.41, 5.74) is -4.94. The van der Waals surface area contributed by atoms with Crippen molar-refractivity contribution in [3.05, 3.63) is 35.9 Å². The van der Waals surface area contributed by atoms with Gasteiger partial charge in [0.15, 0.2) is 0 Å². The molecule has 1 spiro atoms. The molecule has 7 bridgehead atoms. The molecule has 5 aliphatic carbocycles. The van der Waals surface area contributed by atoms with Gasteiger partial charge in [0.2, 0.25) is 0 Å². The van der Waals surface area contributed by atoms with Crippen molar-refractivity contribution < 1.29 is 53.3 Å². The standard InChI is InChI=1S/C34H47NO11/c1-7-35-15-31(16-41-3)20(45-17(2)36)13-21(42-4)33-19-14-32(39)28(46-30(38)18-11-9-8-10-12-18)22(19)34(40,27(37)29(32)44-6)23(26(33)35)24(43-5)25(31)33/h8-12,19-29,37,39-40H,7,13-16H2,1-6H3/t19-,20-,21+,22-,23+,24+,25-,26?,27+,28-,29+,31+,32-,33+,34-/m1/s1. The van der Waals surface area contributed by atoms with E-state index in [4.69, 9.17) is 28.4 Å². The summed E-state index contributed by atoms with van der Waals surface area (Å²) in [5.74, 6) is -3.51. The minimum absolute atomic E-state index is 0.0805. The number of hydrogen-bond donors (Lipinski definition) is 3. The minimum Gasteiger partial charge on any atom is -0.462 e. The molecule has 0 radical (unpaired) electrons. The summed E-state index contributed by atoms with van der Waals surface area (Å²) in [6, 6.07) is 8.19. The molecular weight excluding hydrogens is 598 g/mol. The van der Waals surface area contributed by atoms with E-state index < -0.39 is 88.3 Å². The van der Waals surface area contributed by atoms with Gasteiger partial charge in [-0.25, -0.2) is 4.79 Å². The van der Waals surface area contributed by atoms with Crippen LogP contribution in [0.1, 0.15) is 37.0 Å². The molecule has 6 aliphatic rings. The first-order valence-corrected chi connectivity index (χ1v) is 16.3. The molecule has 0 aromatic heterocycles. The largest absolute Gasteiger partial charge is 0.462 e. The molecule has 1 aromatic carbocycles. The van der Waals surface area contributed by atoms with Gasteiger partial charge in [0.1, 0.15) is 35.6 Å². The smallest absolute Gasteiger partial charge is 0.338 e. The van der Waals surface area contributed by atoms with Gasteiger partial charge >= 0.3 is 11.9 Å². The molecule has 7 rings (SSSR count). The van der Waals surface area contributed by atoms with Gasteiger partial charge in [-0.05, 0) is 31.0 Å². The van der Waals surface area contributed by atoms with E-state index >= 15 is 0 Å². The number of esters is 2. The second kappa shape index (κ2) is 10.9. The predicted octanol–water partition coefficient (Wildman–Crippen LogP) is 0.648. The maximum atomic E-state index is 13.6. The maximum Gasteiger partial charge on any atom is 0.338 e. The van der Waals surface area contributed by atoms with E-state index in [1.54, 1.807) is 51.7 Å². The van der Waals surface area contributed by atoms with Gasteiger partial charge in [-0.2, -0.15) is 0 Å². The van der Waals surface area contributed by atoms with E-state index in [0.717, 1.165) is 0 Å². The molecule has 1 saturated heterocycles. The van der Waals surface area contributed by atoms with Gasteiger partial charge in [0.25, 0.3) is 0 Å². The molecule has 3 N–H and O–H groups in total. The van der Waals surface area contributed by atoms with Crippen LogP contribution in [0.4, 0.5) is 0 Å². The molecule has 15 atom stereocenters. The zero-order valence-corrected chi connectivity index (χ0v) is 27.3. The molecule has 1 heterocycles. The van der Waals surface area contributed by atoms with Crippen LogP contribution in [0, 0.1) is 34.5 Å². The normalized spacial score (nSPS) is 49.9. The Morgan fingerprint density at radius 2 is 1.67 bits per heavy atom. The molecular formula is C34H47NO11. The lowest BCUT2D eigenvalue weighted by atomic mass is 9.42. The molecule has 6 fully saturated rings. The number of fused-ring (bicyclic) bond motifs is 2. The summed E-state index contributed by atoms with van der Waals surface area (Å²) in [5, 5.41) is 38.1. The van der Waals surface area contributed by atoms with Gasteiger partial charge in [0, 0.05) is 83.0 Å². The Hall–Kier alpha value is -2.16. The summed E-state index contributed by atoms with van der Waals surface area (Å²) in [4.78, 5) is 28.5. The highest BCUT2D eigenvalue weighted by molar-refractivity contribution is 5.89. The van der Waals surface area contributed by atoms with Gasteiger partial charge in [-0.15, -0.1) is 0 Å². The third-order valence-corrected chi connectivity index (χ3v) is 13.2. The fourth-order valence-electron chi connectivity index (χ4n) is 12.2. The van der Waals surface area contributed by atoms with Crippen LogP contribution in [0.5, 0.6) is 0 Å². The van der Waals surface area contributed by atoms with Crippen molar-refractivity contribution in [3.8, 4) is 0 Å². The Morgan fingerprint density at radius 1 is 0.957 bits per heavy atom. The number of rotatable bonds is 9. The fourth-order valence-corrected chi connectivity index (χ4v) is 12.2. The number of carbonyl (C=O) groups excluding carboxylic acids is 2. The predicted molar refractivity (Wildman–Crippen MR) is 160 cm³/mol. The number of piperidine rings is 1. The molecule has 46 heavy (non-hydrogen) atoms. The van der Waals surface area contributed by atoms with E-state index in [-0.39, 0.29) is 25.0 Å². The average Bonchev–Trinajstić information content (AvgIpc) is 3.42. The highest BCUT2D eigenvalue weighted by Crippen LogP contribution is 2.80. The quantitative estimate of drug-likeness (QED) is 0.323. The monoisotopic (exact) mass is 645 g/mol. The van der Waals surface area contributed by atoms with E-state index in [9.17, 15) is 24.9 Å². The minimum atomic E-state index is -1.89. The van der Waals surface area contributed by atoms with Crippen molar-refractivity contribution >= 4 is 11.9 Å². The third-order valence-electron chi connectivity index (χ3n) is 13.2. The van der Waals surface area contributed by atoms with Crippen LogP contribution in [0.15, 0.2) is 30.3 Å². The first-order valence-electron chi connectivity index (χ1n) is 16.3. The first-order chi connectivity index (χ1) is 22.0. The Balaban J connectivity index is 1.48. The average molecular weight is 646 g/mol. The molecule has 12 nitrogen and oxygen atoms in total. The second-order valence-electron chi connectivity index (χ2n) is 14.4. The van der Waals surface area contributed by atoms with Crippen molar-refractivity contribution in [1.29, 1.82) is 0 Å². The number of nitrogens with zero attached hydrogens (tertiary/aromatic N) is 1. The van der Waals surface area contributed by atoms with Crippen LogP contribution < -0.4 is 0 Å². The highest BCUT2D eigenvalue weighted by Gasteiger charge is 2.91. The second-order valence-corrected chi connectivity index (χ2v) is 14.4. The summed E-state index contributed by atoms with van der Waals surface area (Å²) in [6.07, 6.45) is -5.23. The number of methoxy groups -OCH3 is 4. The van der Waals surface area contributed by atoms with E-state index in [1.807, 2.05) is 6.92 Å². The molecule has 5 saturated carbocycles. The Morgan fingerprint density at radius 3 is 2.26 bits per heavy atom. The lowest BCUT2D eigenvalue weighted by Crippen LogP contribution is -2.81. The molecule has 254 valence electrons. The Kier molecular flexibility index (Phi) is 7.69. The van der Waals surface area contributed by atoms with Gasteiger partial charge in [-0.1, -0.05) is 25.1 Å². The zero-order chi connectivity index (χ0) is 33.0. The SMILES string of the molecule is CCN1C[C@@]2(COC)[C@H]3[C@@H](OC)[C@H]4C1[C@]3([C@@H](OC)C[C@H]2OC(C)=O)[C@@H]1C[C@@]2(O)[C@H](OC(=O)c3ccccc3)[C@@H]1[C@]4(O)[C@@H](O)[C@@H]2OC. The van der Waals surface area contributed by atoms with Crippen LogP contribution in [-0.4, -0.2) is 134 Å². The third kappa shape index (κ3) is 3.67. The van der Waals surface area contributed by atoms with Crippen LogP contribution in [0.3, 0.4) is 0 Å². The van der Waals surface area contributed by atoms with Crippen molar-refractivity contribution in [2.75, 3.05) is 48.1 Å². The number of carbonyl (C=O) groups is 2. The first kappa shape index (κ1) is 32.4. The Labute approximate surface area is 269 Å². The number of likely N-dealkylation sites (tertiary alicyclic amines) is 1. The van der Waals surface area contributed by atoms with Crippen molar-refractivity contribution in [2.24, 2.45) is 34.5 Å². The zero-order valence-electron chi connectivity index (χ0n) is 27.3. The molecule has 1 aliphatic heterocycles. The van der Waals surface area contributed by atoms with Crippen LogP contribution in [-0.2, 0) is 33.2 Å². The summed E-state index contributed by atoms with van der Waals surface area (Å²) < 4.78 is 37.0. The van der Waals surface area contributed by atoms with Crippen LogP contribution in [0.25, 0.3) is 0 Å². The molecule has 0 amide bonds. The van der Waals surface area contributed by atoms with Crippen molar-refractivity contribution in [1.82, 2.24) is 4.90 Å². The van der Waals surface area contributed by atoms with E-state index in [0.29, 0.717) is 25.1 Å². The van der Waals surface area contributed by atoms with Gasteiger partial charge < -0.3 is 43.7 Å². The number of aliphatic hydroxyl groups excluding tert-OH is 1. The van der Waals surface area contributed by atoms with Crippen molar-refractivity contribution in [2.45, 2.75) is 80.6 Å². The summed E-state index contributed by atoms with van der Waals surface area (Å²) >= 11 is 0. The highest BCUT2D eigenvalue weighted by atomic mass is 16.6. The topological polar surface area (TPSA) is 153 Å². The van der Waals surface area contributed by atoms with E-state index in [2.05, 4.69) is 4.90 Å². The lowest BCUT2D eigenvalue weighted by Gasteiger charge is -2.70. The molecule has 1 unspecified atom stereocenters. The van der Waals surface area contributed by atoms with E-state index in [1.165, 1.54) is 14.0 Å². The number of benzene rings is 1. The number of hydrogen-bond acceptors (Lipinski definition) is 12. The van der Waals surface area contributed by atoms with Gasteiger partial charge in [-0.3, -0.25) is 9.69 Å². The van der Waals surface area contributed by atoms with Gasteiger partial charge in [0.05, 0.1) is 24.4 Å². The lowest BCUT2D eigenvalue weighted by molar-refractivity contribution is -0.320. The molecule has 1 aromatic rings. The summed E-state index contributed by atoms with van der Waals surface area (Å²) in [7, 11) is 6.27. The molecule has 12 heteroatoms. The maximum absolute atomic E-state index is 13.6. The van der Waals surface area contributed by atoms with Crippen LogP contribution in [0.2, 0.25) is 0 Å². The number of aliphatic hydroxyl groups is 3. The van der Waals surface area contributed by atoms with Crippen LogP contribution >= 0.6 is 0 Å². The Bertz CT molecular complexity index is 1360. The van der Waals surface area contributed by atoms with Crippen molar-refractivity contribution in [3.63, 3.8) is 0 Å². The number of ether oxygens (including phenoxy) is 6. The fraction of sp³-hybridized carbons (Fsp3) is 0.765.